The third-order valence-corrected chi connectivity index (χ3v) is 1.49. The molecule has 1 rings (SSSR count). The maximum absolute atomic E-state index is 11.0. The van der Waals surface area contributed by atoms with Gasteiger partial charge in [0.25, 0.3) is 0 Å². The summed E-state index contributed by atoms with van der Waals surface area (Å²) in [5.41, 5.74) is 5.36. The van der Waals surface area contributed by atoms with E-state index in [1.54, 1.807) is 6.92 Å². The SMILES string of the molecule is CC(N)C(=O)CCn1cnnn1. The van der Waals surface area contributed by atoms with Gasteiger partial charge in [-0.3, -0.25) is 4.79 Å². The van der Waals surface area contributed by atoms with Crippen molar-refractivity contribution in [2.24, 2.45) is 5.73 Å². The molecule has 0 amide bonds. The molecule has 0 saturated heterocycles. The second kappa shape index (κ2) is 3.91. The predicted molar refractivity (Wildman–Crippen MR) is 41.1 cm³/mol. The highest BCUT2D eigenvalue weighted by Gasteiger charge is 2.07. The Balaban J connectivity index is 2.32. The number of rotatable bonds is 4. The van der Waals surface area contributed by atoms with Gasteiger partial charge in [-0.25, -0.2) is 4.68 Å². The molecule has 0 saturated carbocycles. The van der Waals surface area contributed by atoms with Crippen LogP contribution < -0.4 is 5.73 Å². The maximum Gasteiger partial charge on any atom is 0.151 e. The minimum atomic E-state index is -0.401. The van der Waals surface area contributed by atoms with Crippen LogP contribution in [-0.2, 0) is 11.3 Å². The molecule has 66 valence electrons. The van der Waals surface area contributed by atoms with Gasteiger partial charge in [0, 0.05) is 6.42 Å². The zero-order chi connectivity index (χ0) is 8.97. The Labute approximate surface area is 69.7 Å². The lowest BCUT2D eigenvalue weighted by Crippen LogP contribution is -2.27. The van der Waals surface area contributed by atoms with Crippen molar-refractivity contribution in [3.63, 3.8) is 0 Å². The minimum Gasteiger partial charge on any atom is -0.322 e. The molecule has 1 aromatic rings. The number of nitrogens with zero attached hydrogens (tertiary/aromatic N) is 4. The number of ketones is 1. The van der Waals surface area contributed by atoms with Gasteiger partial charge in [0.05, 0.1) is 12.6 Å². The first-order valence-corrected chi connectivity index (χ1v) is 3.69. The fourth-order valence-corrected chi connectivity index (χ4v) is 0.735. The molecule has 0 aromatic carbocycles. The number of Topliss-reactive ketones (excluding diaryl/α,β-unsaturated/α-hetero) is 1. The molecule has 6 nitrogen and oxygen atoms in total. The summed E-state index contributed by atoms with van der Waals surface area (Å²) >= 11 is 0. The number of nitrogens with two attached hydrogens (primary N) is 1. The topological polar surface area (TPSA) is 86.7 Å². The largest absolute Gasteiger partial charge is 0.322 e. The molecule has 1 unspecified atom stereocenters. The van der Waals surface area contributed by atoms with E-state index in [2.05, 4.69) is 15.5 Å². The van der Waals surface area contributed by atoms with Gasteiger partial charge in [-0.1, -0.05) is 0 Å². The van der Waals surface area contributed by atoms with Crippen LogP contribution in [0.15, 0.2) is 6.33 Å². The first-order chi connectivity index (χ1) is 5.70. The van der Waals surface area contributed by atoms with Crippen LogP contribution in [0.2, 0.25) is 0 Å². The second-order valence-corrected chi connectivity index (χ2v) is 2.58. The third-order valence-electron chi connectivity index (χ3n) is 1.49. The van der Waals surface area contributed by atoms with Crippen molar-refractivity contribution in [1.29, 1.82) is 0 Å². The summed E-state index contributed by atoms with van der Waals surface area (Å²) in [4.78, 5) is 11.0. The van der Waals surface area contributed by atoms with Gasteiger partial charge in [-0.2, -0.15) is 0 Å². The Kier molecular flexibility index (Phi) is 2.87. The zero-order valence-corrected chi connectivity index (χ0v) is 6.84. The van der Waals surface area contributed by atoms with E-state index in [1.807, 2.05) is 0 Å². The van der Waals surface area contributed by atoms with Gasteiger partial charge >= 0.3 is 0 Å². The Morgan fingerprint density at radius 3 is 3.00 bits per heavy atom. The van der Waals surface area contributed by atoms with E-state index in [-0.39, 0.29) is 5.78 Å². The summed E-state index contributed by atoms with van der Waals surface area (Å²) in [7, 11) is 0. The van der Waals surface area contributed by atoms with E-state index in [9.17, 15) is 4.79 Å². The molecule has 0 fully saturated rings. The standard InChI is InChI=1S/C6H11N5O/c1-5(7)6(12)2-3-11-4-8-9-10-11/h4-5H,2-3,7H2,1H3. The second-order valence-electron chi connectivity index (χ2n) is 2.58. The van der Waals surface area contributed by atoms with Gasteiger partial charge in [0.1, 0.15) is 6.33 Å². The van der Waals surface area contributed by atoms with Crippen LogP contribution in [0.1, 0.15) is 13.3 Å². The molecular weight excluding hydrogens is 158 g/mol. The van der Waals surface area contributed by atoms with E-state index < -0.39 is 6.04 Å². The zero-order valence-electron chi connectivity index (χ0n) is 6.84. The number of carbonyl (C=O) groups is 1. The van der Waals surface area contributed by atoms with Crippen LogP contribution in [0.4, 0.5) is 0 Å². The molecule has 0 aliphatic rings. The smallest absolute Gasteiger partial charge is 0.151 e. The summed E-state index contributed by atoms with van der Waals surface area (Å²) in [6.07, 6.45) is 1.84. The van der Waals surface area contributed by atoms with Crippen LogP contribution in [0.25, 0.3) is 0 Å². The lowest BCUT2D eigenvalue weighted by atomic mass is 10.2. The molecule has 0 bridgehead atoms. The van der Waals surface area contributed by atoms with Crippen molar-refractivity contribution in [3.05, 3.63) is 6.33 Å². The van der Waals surface area contributed by atoms with Gasteiger partial charge in [-0.05, 0) is 17.4 Å². The average Bonchev–Trinajstić information content (AvgIpc) is 2.51. The van der Waals surface area contributed by atoms with Crippen LogP contribution >= 0.6 is 0 Å². The molecule has 1 aromatic heterocycles. The van der Waals surface area contributed by atoms with E-state index in [1.165, 1.54) is 11.0 Å². The molecule has 1 atom stereocenters. The number of carbonyl (C=O) groups excluding carboxylic acids is 1. The Bertz CT molecular complexity index is 242. The van der Waals surface area contributed by atoms with Crippen molar-refractivity contribution in [2.75, 3.05) is 0 Å². The number of hydrogen-bond donors (Lipinski definition) is 1. The quantitative estimate of drug-likeness (QED) is 0.623. The van der Waals surface area contributed by atoms with Crippen molar-refractivity contribution < 1.29 is 4.79 Å². The van der Waals surface area contributed by atoms with E-state index in [0.29, 0.717) is 13.0 Å². The summed E-state index contributed by atoms with van der Waals surface area (Å²) in [6.45, 7) is 2.16. The van der Waals surface area contributed by atoms with Gasteiger partial charge in [0.15, 0.2) is 5.78 Å². The lowest BCUT2D eigenvalue weighted by Gasteiger charge is -2.02. The van der Waals surface area contributed by atoms with Crippen LogP contribution in [0.3, 0.4) is 0 Å². The van der Waals surface area contributed by atoms with E-state index in [4.69, 9.17) is 5.73 Å². The highest BCUT2D eigenvalue weighted by Crippen LogP contribution is 1.90. The number of aromatic nitrogens is 4. The fraction of sp³-hybridized carbons (Fsp3) is 0.667. The highest BCUT2D eigenvalue weighted by atomic mass is 16.1. The number of aryl methyl sites for hydroxylation is 1. The Hall–Kier alpha value is -1.30. The summed E-state index contributed by atoms with van der Waals surface area (Å²) in [5.74, 6) is 0.0190. The van der Waals surface area contributed by atoms with Gasteiger partial charge in [0.2, 0.25) is 0 Å². The first kappa shape index (κ1) is 8.79. The molecule has 0 aliphatic heterocycles. The van der Waals surface area contributed by atoms with Crippen LogP contribution in [-0.4, -0.2) is 32.0 Å². The van der Waals surface area contributed by atoms with Gasteiger partial charge in [-0.15, -0.1) is 5.10 Å². The number of tetrazole rings is 1. The minimum absolute atomic E-state index is 0.0190. The summed E-state index contributed by atoms with van der Waals surface area (Å²) in [5, 5.41) is 10.5. The molecule has 0 spiro atoms. The van der Waals surface area contributed by atoms with Crippen molar-refractivity contribution in [2.45, 2.75) is 25.9 Å². The van der Waals surface area contributed by atoms with E-state index >= 15 is 0 Å². The Morgan fingerprint density at radius 2 is 2.50 bits per heavy atom. The first-order valence-electron chi connectivity index (χ1n) is 3.69. The third kappa shape index (κ3) is 2.39. The van der Waals surface area contributed by atoms with Crippen LogP contribution in [0.5, 0.6) is 0 Å². The molecule has 0 radical (unpaired) electrons. The average molecular weight is 169 g/mol. The van der Waals surface area contributed by atoms with Crippen molar-refractivity contribution >= 4 is 5.78 Å². The molecule has 2 N–H and O–H groups in total. The number of hydrogen-bond acceptors (Lipinski definition) is 5. The maximum atomic E-state index is 11.0. The lowest BCUT2D eigenvalue weighted by molar-refractivity contribution is -0.120. The monoisotopic (exact) mass is 169 g/mol. The molecule has 1 heterocycles. The Morgan fingerprint density at radius 1 is 1.75 bits per heavy atom. The fourth-order valence-electron chi connectivity index (χ4n) is 0.735. The van der Waals surface area contributed by atoms with Crippen LogP contribution in [0, 0.1) is 0 Å². The molecular formula is C6H11N5O. The summed E-state index contributed by atoms with van der Waals surface area (Å²) in [6, 6.07) is -0.401. The van der Waals surface area contributed by atoms with E-state index in [0.717, 1.165) is 0 Å². The predicted octanol–water partition coefficient (Wildman–Crippen LogP) is -1.02. The normalized spacial score (nSPS) is 12.8. The highest BCUT2D eigenvalue weighted by molar-refractivity contribution is 5.83. The molecule has 0 aliphatic carbocycles. The van der Waals surface area contributed by atoms with Crippen molar-refractivity contribution in [3.8, 4) is 0 Å². The van der Waals surface area contributed by atoms with Gasteiger partial charge < -0.3 is 5.73 Å². The summed E-state index contributed by atoms with van der Waals surface area (Å²) < 4.78 is 1.50. The molecule has 12 heavy (non-hydrogen) atoms. The molecule has 6 heteroatoms. The van der Waals surface area contributed by atoms with Crippen molar-refractivity contribution in [1.82, 2.24) is 20.2 Å².